The molecule has 0 bridgehead atoms. The third kappa shape index (κ3) is 2.46. The van der Waals surface area contributed by atoms with Crippen LogP contribution < -0.4 is 5.56 Å². The number of aromatic nitrogens is 2. The molecule has 0 saturated carbocycles. The highest BCUT2D eigenvalue weighted by Crippen LogP contribution is 2.13. The van der Waals surface area contributed by atoms with Gasteiger partial charge in [-0.1, -0.05) is 31.2 Å². The number of carbonyl (C=O) groups excluding carboxylic acids is 1. The zero-order valence-electron chi connectivity index (χ0n) is 11.9. The lowest BCUT2D eigenvalue weighted by molar-refractivity contribution is -0.132. The summed E-state index contributed by atoms with van der Waals surface area (Å²) in [6, 6.07) is 7.31. The largest absolute Gasteiger partial charge is 0.331 e. The standard InChI is InChI=1S/C16H17N3O2/c1-2-12-6-5-9-19(12)15(20)10-18-11-17-14-8-4-3-7-13(14)16(18)21/h3-8,11-12H,2,9-10H2,1H3. The van der Waals surface area contributed by atoms with Crippen LogP contribution in [0.25, 0.3) is 10.9 Å². The second-order valence-corrected chi connectivity index (χ2v) is 5.14. The maximum absolute atomic E-state index is 12.4. The quantitative estimate of drug-likeness (QED) is 0.804. The van der Waals surface area contributed by atoms with Crippen molar-refractivity contribution < 1.29 is 4.79 Å². The number of rotatable bonds is 3. The lowest BCUT2D eigenvalue weighted by Gasteiger charge is -2.23. The summed E-state index contributed by atoms with van der Waals surface area (Å²) in [7, 11) is 0. The Hall–Kier alpha value is -2.43. The number of hydrogen-bond donors (Lipinski definition) is 0. The summed E-state index contributed by atoms with van der Waals surface area (Å²) in [4.78, 5) is 30.8. The molecule has 0 radical (unpaired) electrons. The highest BCUT2D eigenvalue weighted by Gasteiger charge is 2.23. The van der Waals surface area contributed by atoms with Crippen molar-refractivity contribution in [3.63, 3.8) is 0 Å². The fourth-order valence-electron chi connectivity index (χ4n) is 2.67. The van der Waals surface area contributed by atoms with Gasteiger partial charge in [-0.2, -0.15) is 0 Å². The van der Waals surface area contributed by atoms with Gasteiger partial charge in [-0.25, -0.2) is 4.98 Å². The van der Waals surface area contributed by atoms with Gasteiger partial charge in [0.1, 0.15) is 6.54 Å². The molecule has 0 saturated heterocycles. The summed E-state index contributed by atoms with van der Waals surface area (Å²) in [6.07, 6.45) is 6.37. The van der Waals surface area contributed by atoms with Crippen molar-refractivity contribution >= 4 is 16.8 Å². The average molecular weight is 283 g/mol. The van der Waals surface area contributed by atoms with Crippen molar-refractivity contribution in [1.29, 1.82) is 0 Å². The van der Waals surface area contributed by atoms with Gasteiger partial charge in [0.05, 0.1) is 23.3 Å². The Morgan fingerprint density at radius 1 is 1.38 bits per heavy atom. The van der Waals surface area contributed by atoms with E-state index < -0.39 is 0 Å². The predicted molar refractivity (Wildman–Crippen MR) is 80.9 cm³/mol. The van der Waals surface area contributed by atoms with E-state index in [2.05, 4.69) is 4.98 Å². The number of hydrogen-bond acceptors (Lipinski definition) is 3. The first kappa shape index (κ1) is 13.5. The minimum absolute atomic E-state index is 0.0366. The number of fused-ring (bicyclic) bond motifs is 1. The number of nitrogens with zero attached hydrogens (tertiary/aromatic N) is 3. The third-order valence-corrected chi connectivity index (χ3v) is 3.84. The fourth-order valence-corrected chi connectivity index (χ4v) is 2.67. The van der Waals surface area contributed by atoms with E-state index in [0.29, 0.717) is 17.4 Å². The van der Waals surface area contributed by atoms with Gasteiger partial charge in [0.25, 0.3) is 5.56 Å². The van der Waals surface area contributed by atoms with Gasteiger partial charge < -0.3 is 4.90 Å². The van der Waals surface area contributed by atoms with Gasteiger partial charge >= 0.3 is 0 Å². The molecular weight excluding hydrogens is 266 g/mol. The monoisotopic (exact) mass is 283 g/mol. The summed E-state index contributed by atoms with van der Waals surface area (Å²) in [5, 5.41) is 0.541. The third-order valence-electron chi connectivity index (χ3n) is 3.84. The molecule has 1 aliphatic rings. The van der Waals surface area contributed by atoms with Gasteiger partial charge in [0.15, 0.2) is 0 Å². The zero-order valence-corrected chi connectivity index (χ0v) is 11.9. The Balaban J connectivity index is 1.87. The molecule has 1 amide bonds. The molecule has 21 heavy (non-hydrogen) atoms. The molecule has 1 aliphatic heterocycles. The predicted octanol–water partition coefficient (Wildman–Crippen LogP) is 1.57. The first-order valence-electron chi connectivity index (χ1n) is 7.11. The second kappa shape index (κ2) is 5.52. The van der Waals surface area contributed by atoms with Crippen molar-refractivity contribution in [3.8, 4) is 0 Å². The number of amides is 1. The smallest absolute Gasteiger partial charge is 0.261 e. The molecular formula is C16H17N3O2. The van der Waals surface area contributed by atoms with E-state index in [1.54, 1.807) is 23.1 Å². The van der Waals surface area contributed by atoms with Crippen LogP contribution in [0.5, 0.6) is 0 Å². The average Bonchev–Trinajstić information content (AvgIpc) is 2.99. The molecule has 2 aromatic rings. The lowest BCUT2D eigenvalue weighted by atomic mass is 10.2. The molecule has 1 aromatic heterocycles. The second-order valence-electron chi connectivity index (χ2n) is 5.14. The van der Waals surface area contributed by atoms with Crippen LogP contribution in [-0.2, 0) is 11.3 Å². The first-order valence-corrected chi connectivity index (χ1v) is 7.11. The van der Waals surface area contributed by atoms with E-state index in [9.17, 15) is 9.59 Å². The van der Waals surface area contributed by atoms with Crippen LogP contribution in [0, 0.1) is 0 Å². The van der Waals surface area contributed by atoms with Gasteiger partial charge in [-0.05, 0) is 18.6 Å². The Kier molecular flexibility index (Phi) is 3.56. The van der Waals surface area contributed by atoms with Crippen LogP contribution >= 0.6 is 0 Å². The topological polar surface area (TPSA) is 55.2 Å². The Bertz CT molecular complexity index is 763. The van der Waals surface area contributed by atoms with Crippen LogP contribution in [0.1, 0.15) is 13.3 Å². The lowest BCUT2D eigenvalue weighted by Crippen LogP contribution is -2.39. The van der Waals surface area contributed by atoms with Crippen LogP contribution in [0.3, 0.4) is 0 Å². The summed E-state index contributed by atoms with van der Waals surface area (Å²) in [5.74, 6) is -0.0500. The maximum atomic E-state index is 12.4. The van der Waals surface area contributed by atoms with Gasteiger partial charge in [-0.15, -0.1) is 0 Å². The molecule has 2 heterocycles. The normalized spacial score (nSPS) is 17.6. The zero-order chi connectivity index (χ0) is 14.8. The number of para-hydroxylation sites is 1. The molecule has 1 aromatic carbocycles. The molecule has 3 rings (SSSR count). The highest BCUT2D eigenvalue weighted by atomic mass is 16.2. The minimum Gasteiger partial charge on any atom is -0.331 e. The highest BCUT2D eigenvalue weighted by molar-refractivity contribution is 5.79. The van der Waals surface area contributed by atoms with E-state index in [0.717, 1.165) is 6.42 Å². The van der Waals surface area contributed by atoms with Gasteiger partial charge in [0, 0.05) is 6.54 Å². The molecule has 5 heteroatoms. The molecule has 0 spiro atoms. The Labute approximate surface area is 122 Å². The fraction of sp³-hybridized carbons (Fsp3) is 0.312. The Morgan fingerprint density at radius 3 is 3.00 bits per heavy atom. The Morgan fingerprint density at radius 2 is 2.19 bits per heavy atom. The summed E-state index contributed by atoms with van der Waals surface area (Å²) in [5.41, 5.74) is 0.481. The molecule has 1 atom stereocenters. The molecule has 0 aliphatic carbocycles. The van der Waals surface area contributed by atoms with Crippen molar-refractivity contribution in [2.75, 3.05) is 6.54 Å². The summed E-state index contributed by atoms with van der Waals surface area (Å²) < 4.78 is 1.38. The first-order chi connectivity index (χ1) is 10.2. The van der Waals surface area contributed by atoms with Crippen LogP contribution in [-0.4, -0.2) is 32.9 Å². The van der Waals surface area contributed by atoms with Gasteiger partial charge in [-0.3, -0.25) is 14.2 Å². The van der Waals surface area contributed by atoms with Crippen molar-refractivity contribution in [3.05, 3.63) is 53.1 Å². The molecule has 1 unspecified atom stereocenters. The summed E-state index contributed by atoms with van der Waals surface area (Å²) in [6.45, 7) is 2.70. The van der Waals surface area contributed by atoms with Crippen LogP contribution in [0.15, 0.2) is 47.5 Å². The molecule has 5 nitrogen and oxygen atoms in total. The van der Waals surface area contributed by atoms with Crippen molar-refractivity contribution in [1.82, 2.24) is 14.5 Å². The van der Waals surface area contributed by atoms with E-state index in [-0.39, 0.29) is 24.1 Å². The van der Waals surface area contributed by atoms with E-state index in [4.69, 9.17) is 0 Å². The molecule has 0 N–H and O–H groups in total. The van der Waals surface area contributed by atoms with Crippen molar-refractivity contribution in [2.24, 2.45) is 0 Å². The number of carbonyl (C=O) groups is 1. The van der Waals surface area contributed by atoms with Gasteiger partial charge in [0.2, 0.25) is 5.91 Å². The van der Waals surface area contributed by atoms with E-state index in [1.807, 2.05) is 25.1 Å². The molecule has 0 fully saturated rings. The van der Waals surface area contributed by atoms with Crippen molar-refractivity contribution in [2.45, 2.75) is 25.9 Å². The van der Waals surface area contributed by atoms with Crippen LogP contribution in [0.2, 0.25) is 0 Å². The van der Waals surface area contributed by atoms with E-state index >= 15 is 0 Å². The molecule has 108 valence electrons. The summed E-state index contributed by atoms with van der Waals surface area (Å²) >= 11 is 0. The maximum Gasteiger partial charge on any atom is 0.261 e. The SMILES string of the molecule is CCC1C=CCN1C(=O)Cn1cnc2ccccc2c1=O. The van der Waals surface area contributed by atoms with Crippen LogP contribution in [0.4, 0.5) is 0 Å². The number of benzene rings is 1. The minimum atomic E-state index is -0.172. The van der Waals surface area contributed by atoms with E-state index in [1.165, 1.54) is 10.9 Å².